The second-order valence-electron chi connectivity index (χ2n) is 23.3. The largest absolute Gasteiger partial charge is 0.476 e. The number of nitro benzene ring substituents is 6. The zero-order valence-electron chi connectivity index (χ0n) is 62.8. The predicted molar refractivity (Wildman–Crippen MR) is 426 cm³/mol. The topological polar surface area (TPSA) is 756 Å². The number of aromatic nitrogens is 14. The van der Waals surface area contributed by atoms with Crippen LogP contribution in [0.5, 0.6) is 0 Å². The molecular weight excluding hydrogens is 1700 g/mol. The summed E-state index contributed by atoms with van der Waals surface area (Å²) in [6, 6.07) is 29.3. The predicted octanol–water partition coefficient (Wildman–Crippen LogP) is 8.43. The molecule has 0 atom stereocenters. The number of rotatable bonds is 17. The van der Waals surface area contributed by atoms with Crippen molar-refractivity contribution in [3.63, 3.8) is 0 Å². The third-order valence-corrected chi connectivity index (χ3v) is 15.8. The zero-order chi connectivity index (χ0) is 91.2. The standard InChI is InChI=1S/2C11H8ClN3O4.2C11H9N3O5.2C9H5N3O5.C9H6N2O3/c2*1-2-19-11(16)9-10(12)14-7-4-3-6(15(17)18)5-8(7)13-9;2*1-2-19-11(16)9-10(15)13-7-4-3-6(14(17)18)5-8(7)12-9;2*13-8-7(9(14)15)10-6-3-4(12(16)17)1-2-5(6)11-8;12-8-7(9(13)14)10-5-3-1-2-4-6(5)11-8/h2*3-5H,2H2,1H3;2*3-5H,2H2,1H3,(H,13,15);2*1-3H,(H,11,13)(H,14,15);1-4H,(H,11,12)(H,13,14). The zero-order valence-corrected chi connectivity index (χ0v) is 64.3. The summed E-state index contributed by atoms with van der Waals surface area (Å²) < 4.78 is 18.9. The van der Waals surface area contributed by atoms with Gasteiger partial charge in [-0.25, -0.2) is 78.4 Å². The Morgan fingerprint density at radius 3 is 0.758 bits per heavy atom. The molecule has 124 heavy (non-hydrogen) atoms. The Morgan fingerprint density at radius 1 is 0.290 bits per heavy atom. The maximum Gasteiger partial charge on any atom is 0.362 e. The van der Waals surface area contributed by atoms with Crippen LogP contribution in [0.4, 0.5) is 34.1 Å². The van der Waals surface area contributed by atoms with Crippen LogP contribution in [0.2, 0.25) is 10.3 Å². The number of nitrogens with zero attached hydrogens (tertiary/aromatic N) is 15. The van der Waals surface area contributed by atoms with Gasteiger partial charge >= 0.3 is 41.8 Å². The van der Waals surface area contributed by atoms with E-state index in [0.717, 1.165) is 12.1 Å². The minimum Gasteiger partial charge on any atom is -0.476 e. The van der Waals surface area contributed by atoms with E-state index in [4.69, 9.17) is 48.0 Å². The highest BCUT2D eigenvalue weighted by Crippen LogP contribution is 2.26. The average Bonchev–Trinajstić information content (AvgIpc) is 0.837. The summed E-state index contributed by atoms with van der Waals surface area (Å²) in [5.41, 5.74) is -4.25. The number of hydrogen-bond donors (Lipinski definition) is 8. The summed E-state index contributed by atoms with van der Waals surface area (Å²) in [7, 11) is 0. The molecule has 0 saturated heterocycles. The van der Waals surface area contributed by atoms with E-state index in [-0.39, 0.29) is 126 Å². The molecule has 14 aromatic rings. The van der Waals surface area contributed by atoms with Gasteiger partial charge in [-0.3, -0.25) is 84.7 Å². The van der Waals surface area contributed by atoms with E-state index >= 15 is 0 Å². The van der Waals surface area contributed by atoms with Gasteiger partial charge in [0.25, 0.3) is 61.9 Å². The molecule has 51 nitrogen and oxygen atoms in total. The number of benzene rings is 7. The molecule has 0 bridgehead atoms. The van der Waals surface area contributed by atoms with Crippen LogP contribution >= 0.6 is 23.2 Å². The fourth-order valence-electron chi connectivity index (χ4n) is 9.81. The number of nitrogens with one attached hydrogen (secondary N) is 5. The molecule has 0 spiro atoms. The average molecular weight is 1750 g/mol. The van der Waals surface area contributed by atoms with Gasteiger partial charge in [0.1, 0.15) is 0 Å². The number of carbonyl (C=O) groups is 7. The number of nitro groups is 6. The summed E-state index contributed by atoms with van der Waals surface area (Å²) in [6.45, 7) is 7.03. The monoisotopic (exact) mass is 1750 g/mol. The molecule has 634 valence electrons. The summed E-state index contributed by atoms with van der Waals surface area (Å²) in [4.78, 5) is 241. The first-order valence-corrected chi connectivity index (χ1v) is 34.9. The highest BCUT2D eigenvalue weighted by molar-refractivity contribution is 6.33. The van der Waals surface area contributed by atoms with Gasteiger partial charge < -0.3 is 59.2 Å². The number of fused-ring (bicyclic) bond motifs is 7. The van der Waals surface area contributed by atoms with Gasteiger partial charge in [0.05, 0.1) is 133 Å². The molecule has 53 heteroatoms. The first-order chi connectivity index (χ1) is 58.7. The first-order valence-electron chi connectivity index (χ1n) is 34.1. The lowest BCUT2D eigenvalue weighted by atomic mass is 10.2. The number of carboxylic acids is 3. The van der Waals surface area contributed by atoms with Crippen LogP contribution in [0, 0.1) is 60.7 Å². The number of H-pyrrole nitrogens is 5. The van der Waals surface area contributed by atoms with E-state index in [0.29, 0.717) is 33.1 Å². The van der Waals surface area contributed by atoms with E-state index in [1.165, 1.54) is 97.1 Å². The fraction of sp³-hybridized carbons (Fsp3) is 0.113. The van der Waals surface area contributed by atoms with Crippen molar-refractivity contribution in [2.45, 2.75) is 27.7 Å². The number of ether oxygens (including phenoxy) is 4. The number of halogens is 2. The smallest absolute Gasteiger partial charge is 0.362 e. The molecule has 0 saturated carbocycles. The molecule has 7 heterocycles. The van der Waals surface area contributed by atoms with Gasteiger partial charge in [0.2, 0.25) is 28.5 Å². The molecule has 0 fully saturated rings. The van der Waals surface area contributed by atoms with Gasteiger partial charge in [-0.2, -0.15) is 0 Å². The van der Waals surface area contributed by atoms with E-state index in [1.54, 1.807) is 52.0 Å². The molecule has 0 aliphatic heterocycles. The lowest BCUT2D eigenvalue weighted by molar-refractivity contribution is -0.384. The van der Waals surface area contributed by atoms with Crippen molar-refractivity contribution in [1.82, 2.24) is 69.8 Å². The SMILES string of the molecule is CCOC(=O)c1nc2cc([N+](=O)[O-])ccc2[nH]c1=O.CCOC(=O)c1nc2cc([N+](=O)[O-])ccc2[nH]c1=O.CCOC(=O)c1nc2cc([N+](=O)[O-])ccc2nc1Cl.CCOC(=O)c1nc2cc([N+](=O)[O-])ccc2nc1Cl.O=C(O)c1nc2cc([N+](=O)[O-])ccc2[nH]c1=O.O=C(O)c1nc2cc([N+](=O)[O-])ccc2[nH]c1=O.O=C(O)c1nc2ccccc2[nH]c1=O. The number of carbonyl (C=O) groups excluding carboxylic acids is 4. The highest BCUT2D eigenvalue weighted by Gasteiger charge is 2.24. The van der Waals surface area contributed by atoms with E-state index in [9.17, 15) is 118 Å². The van der Waals surface area contributed by atoms with Gasteiger partial charge in [0.15, 0.2) is 21.7 Å². The molecule has 0 aliphatic rings. The maximum atomic E-state index is 11.6. The number of para-hydroxylation sites is 2. The lowest BCUT2D eigenvalue weighted by Crippen LogP contribution is -2.22. The lowest BCUT2D eigenvalue weighted by Gasteiger charge is -2.04. The van der Waals surface area contributed by atoms with Crippen LogP contribution in [0.15, 0.2) is 157 Å². The van der Waals surface area contributed by atoms with Crippen molar-refractivity contribution in [3.05, 3.63) is 296 Å². The van der Waals surface area contributed by atoms with E-state index in [1.807, 2.05) is 0 Å². The minimum absolute atomic E-state index is 0.0520. The Kier molecular flexibility index (Phi) is 30.2. The Balaban J connectivity index is 0.000000180. The molecule has 14 rings (SSSR count). The van der Waals surface area contributed by atoms with Crippen molar-refractivity contribution >= 4 is 176 Å². The van der Waals surface area contributed by atoms with Crippen molar-refractivity contribution in [2.24, 2.45) is 0 Å². The van der Waals surface area contributed by atoms with Crippen LogP contribution in [0.1, 0.15) is 101 Å². The second-order valence-corrected chi connectivity index (χ2v) is 24.0. The van der Waals surface area contributed by atoms with Crippen molar-refractivity contribution < 1.29 is 97.4 Å². The van der Waals surface area contributed by atoms with Crippen LogP contribution in [-0.4, -0.2) is 183 Å². The summed E-state index contributed by atoms with van der Waals surface area (Å²) in [5, 5.41) is 89.5. The normalized spacial score (nSPS) is 10.4. The third-order valence-electron chi connectivity index (χ3n) is 15.3. The summed E-state index contributed by atoms with van der Waals surface area (Å²) in [5.74, 6) is -7.45. The number of esters is 4. The van der Waals surface area contributed by atoms with Gasteiger partial charge in [-0.1, -0.05) is 35.3 Å². The third kappa shape index (κ3) is 23.1. The van der Waals surface area contributed by atoms with Gasteiger partial charge in [-0.05, 0) is 76.2 Å². The highest BCUT2D eigenvalue weighted by atomic mass is 35.5. The maximum absolute atomic E-state index is 11.6. The van der Waals surface area contributed by atoms with Gasteiger partial charge in [0, 0.05) is 72.8 Å². The molecule has 0 unspecified atom stereocenters. The van der Waals surface area contributed by atoms with Crippen molar-refractivity contribution in [2.75, 3.05) is 26.4 Å². The molecular formula is C71H50Cl2N20O31. The number of non-ortho nitro benzene ring substituents is 6. The first kappa shape index (κ1) is 91.7. The van der Waals surface area contributed by atoms with Crippen LogP contribution in [-0.2, 0) is 18.9 Å². The molecule has 8 N–H and O–H groups in total. The van der Waals surface area contributed by atoms with Crippen molar-refractivity contribution in [3.8, 4) is 0 Å². The summed E-state index contributed by atoms with van der Waals surface area (Å²) >= 11 is 11.7. The number of aromatic carboxylic acids is 3. The minimum atomic E-state index is -1.49. The Bertz CT molecular complexity index is 6700. The fourth-order valence-corrected chi connectivity index (χ4v) is 10.2. The molecule has 0 radical (unpaired) electrons. The molecule has 7 aromatic carbocycles. The van der Waals surface area contributed by atoms with Crippen LogP contribution < -0.4 is 27.8 Å². The molecule has 0 amide bonds. The van der Waals surface area contributed by atoms with E-state index in [2.05, 4.69) is 79.2 Å². The Morgan fingerprint density at radius 2 is 0.500 bits per heavy atom. The van der Waals surface area contributed by atoms with Crippen molar-refractivity contribution in [1.29, 1.82) is 0 Å². The number of carboxylic acid groups (broad SMARTS) is 3. The van der Waals surface area contributed by atoms with E-state index < -0.39 is 128 Å². The Hall–Kier alpha value is -17.8. The number of aromatic amines is 5. The van der Waals surface area contributed by atoms with Crippen LogP contribution in [0.3, 0.4) is 0 Å². The molecule has 7 aromatic heterocycles. The molecule has 0 aliphatic carbocycles. The second kappa shape index (κ2) is 40.9. The van der Waals surface area contributed by atoms with Gasteiger partial charge in [-0.15, -0.1) is 0 Å². The quantitative estimate of drug-likeness (QED) is 0.0183. The van der Waals surface area contributed by atoms with Crippen LogP contribution in [0.25, 0.3) is 77.2 Å². The number of hydrogen-bond acceptors (Lipinski definition) is 37. The Labute approximate surface area is 690 Å². The summed E-state index contributed by atoms with van der Waals surface area (Å²) in [6.07, 6.45) is 0.